The van der Waals surface area contributed by atoms with Gasteiger partial charge in [0, 0.05) is 16.5 Å². The molecular formula is C20H14F3NO2. The molecule has 0 aliphatic rings. The number of carbonyl (C=O) groups is 1. The van der Waals surface area contributed by atoms with Crippen molar-refractivity contribution in [2.45, 2.75) is 13.1 Å². The van der Waals surface area contributed by atoms with Crippen molar-refractivity contribution in [3.8, 4) is 11.8 Å². The number of hydrogen-bond acceptors (Lipinski definition) is 2. The molecule has 1 amide bonds. The maximum absolute atomic E-state index is 12.7. The Morgan fingerprint density at radius 3 is 2.65 bits per heavy atom. The molecule has 0 bridgehead atoms. The van der Waals surface area contributed by atoms with Crippen LogP contribution in [0.15, 0.2) is 52.9 Å². The predicted molar refractivity (Wildman–Crippen MR) is 91.6 cm³/mol. The Morgan fingerprint density at radius 1 is 1.15 bits per heavy atom. The van der Waals surface area contributed by atoms with Crippen LogP contribution in [-0.4, -0.2) is 12.5 Å². The second-order valence-electron chi connectivity index (χ2n) is 5.62. The first-order valence-corrected chi connectivity index (χ1v) is 7.79. The Kier molecular flexibility index (Phi) is 4.72. The van der Waals surface area contributed by atoms with Crippen LogP contribution in [0.1, 0.15) is 27.2 Å². The molecule has 0 fully saturated rings. The molecule has 0 saturated heterocycles. The number of rotatable bonds is 2. The Hall–Kier alpha value is -3.20. The van der Waals surface area contributed by atoms with Crippen LogP contribution in [0.25, 0.3) is 11.0 Å². The molecule has 1 aromatic heterocycles. The van der Waals surface area contributed by atoms with Crippen molar-refractivity contribution in [3.63, 3.8) is 0 Å². The van der Waals surface area contributed by atoms with Crippen molar-refractivity contribution in [2.75, 3.05) is 6.54 Å². The number of furan rings is 1. The SMILES string of the molecule is Cc1c(C(=O)NCC#Cc2cccc(C(F)(F)F)c2)oc2ccccc12. The van der Waals surface area contributed by atoms with Gasteiger partial charge in [0.05, 0.1) is 12.1 Å². The molecule has 0 aliphatic heterocycles. The number of nitrogens with one attached hydrogen (secondary N) is 1. The molecule has 0 atom stereocenters. The summed E-state index contributed by atoms with van der Waals surface area (Å²) in [6.07, 6.45) is -4.41. The number of carbonyl (C=O) groups excluding carboxylic acids is 1. The van der Waals surface area contributed by atoms with Gasteiger partial charge >= 0.3 is 6.18 Å². The highest BCUT2D eigenvalue weighted by Crippen LogP contribution is 2.29. The summed E-state index contributed by atoms with van der Waals surface area (Å²) < 4.78 is 43.5. The van der Waals surface area contributed by atoms with Gasteiger partial charge in [-0.05, 0) is 31.2 Å². The van der Waals surface area contributed by atoms with E-state index in [1.165, 1.54) is 12.1 Å². The van der Waals surface area contributed by atoms with Crippen LogP contribution in [0, 0.1) is 18.8 Å². The molecule has 0 aliphatic carbocycles. The lowest BCUT2D eigenvalue weighted by Crippen LogP contribution is -2.23. The average molecular weight is 357 g/mol. The molecule has 3 rings (SSSR count). The van der Waals surface area contributed by atoms with Crippen LogP contribution >= 0.6 is 0 Å². The van der Waals surface area contributed by atoms with Crippen molar-refractivity contribution < 1.29 is 22.4 Å². The predicted octanol–water partition coefficient (Wildman–Crippen LogP) is 4.54. The van der Waals surface area contributed by atoms with Crippen LogP contribution < -0.4 is 5.32 Å². The first-order chi connectivity index (χ1) is 12.4. The highest BCUT2D eigenvalue weighted by Gasteiger charge is 2.30. The first-order valence-electron chi connectivity index (χ1n) is 7.79. The molecule has 6 heteroatoms. The van der Waals surface area contributed by atoms with Gasteiger partial charge in [-0.25, -0.2) is 0 Å². The second kappa shape index (κ2) is 6.96. The number of alkyl halides is 3. The van der Waals surface area contributed by atoms with Gasteiger partial charge in [0.1, 0.15) is 5.58 Å². The highest BCUT2D eigenvalue weighted by atomic mass is 19.4. The second-order valence-corrected chi connectivity index (χ2v) is 5.62. The van der Waals surface area contributed by atoms with E-state index in [1.54, 1.807) is 13.0 Å². The van der Waals surface area contributed by atoms with Crippen molar-refractivity contribution in [2.24, 2.45) is 0 Å². The van der Waals surface area contributed by atoms with E-state index in [0.717, 1.165) is 23.1 Å². The van der Waals surface area contributed by atoms with E-state index < -0.39 is 17.6 Å². The molecule has 0 saturated carbocycles. The minimum absolute atomic E-state index is 0.00837. The zero-order valence-electron chi connectivity index (χ0n) is 13.8. The number of halogens is 3. The maximum Gasteiger partial charge on any atom is 0.416 e. The zero-order valence-corrected chi connectivity index (χ0v) is 13.8. The minimum Gasteiger partial charge on any atom is -0.451 e. The monoisotopic (exact) mass is 357 g/mol. The fourth-order valence-electron chi connectivity index (χ4n) is 2.52. The third kappa shape index (κ3) is 3.72. The molecule has 132 valence electrons. The molecule has 2 aromatic carbocycles. The van der Waals surface area contributed by atoms with Crippen LogP contribution in [0.3, 0.4) is 0 Å². The lowest BCUT2D eigenvalue weighted by atomic mass is 10.1. The standard InChI is InChI=1S/C20H14F3NO2/c1-13-16-9-2-3-10-17(16)26-18(13)19(25)24-11-5-7-14-6-4-8-15(12-14)20(21,22)23/h2-4,6,8-10,12H,11H2,1H3,(H,24,25). The van der Waals surface area contributed by atoms with Gasteiger partial charge in [-0.15, -0.1) is 0 Å². The number of benzene rings is 2. The Balaban J connectivity index is 1.68. The van der Waals surface area contributed by atoms with E-state index in [1.807, 2.05) is 18.2 Å². The third-order valence-corrected chi connectivity index (χ3v) is 3.81. The quantitative estimate of drug-likeness (QED) is 0.684. The largest absolute Gasteiger partial charge is 0.451 e. The van der Waals surface area contributed by atoms with Crippen molar-refractivity contribution in [1.82, 2.24) is 5.32 Å². The van der Waals surface area contributed by atoms with E-state index in [-0.39, 0.29) is 17.9 Å². The summed E-state index contributed by atoms with van der Waals surface area (Å²) in [5.74, 6) is 5.03. The summed E-state index contributed by atoms with van der Waals surface area (Å²) in [6, 6.07) is 12.0. The highest BCUT2D eigenvalue weighted by molar-refractivity contribution is 5.98. The van der Waals surface area contributed by atoms with E-state index in [4.69, 9.17) is 4.42 Å². The summed E-state index contributed by atoms with van der Waals surface area (Å²) >= 11 is 0. The minimum atomic E-state index is -4.41. The van der Waals surface area contributed by atoms with E-state index in [2.05, 4.69) is 17.2 Å². The normalized spacial score (nSPS) is 11.1. The molecular weight excluding hydrogens is 343 g/mol. The lowest BCUT2D eigenvalue weighted by Gasteiger charge is -2.05. The summed E-state index contributed by atoms with van der Waals surface area (Å²) in [6.45, 7) is 1.78. The fraction of sp³-hybridized carbons (Fsp3) is 0.150. The zero-order chi connectivity index (χ0) is 18.7. The van der Waals surface area contributed by atoms with Gasteiger partial charge < -0.3 is 9.73 Å². The Morgan fingerprint density at radius 2 is 1.92 bits per heavy atom. The summed E-state index contributed by atoms with van der Waals surface area (Å²) in [4.78, 5) is 12.2. The Labute approximate surface area is 147 Å². The summed E-state index contributed by atoms with van der Waals surface area (Å²) in [7, 11) is 0. The van der Waals surface area contributed by atoms with E-state index >= 15 is 0 Å². The van der Waals surface area contributed by atoms with Crippen LogP contribution in [0.2, 0.25) is 0 Å². The van der Waals surface area contributed by atoms with Crippen LogP contribution in [0.5, 0.6) is 0 Å². The number of para-hydroxylation sites is 1. The third-order valence-electron chi connectivity index (χ3n) is 3.81. The summed E-state index contributed by atoms with van der Waals surface area (Å²) in [5, 5.41) is 3.44. The van der Waals surface area contributed by atoms with Crippen LogP contribution in [-0.2, 0) is 6.18 Å². The van der Waals surface area contributed by atoms with Crippen molar-refractivity contribution >= 4 is 16.9 Å². The molecule has 0 unspecified atom stereocenters. The van der Waals surface area contributed by atoms with Gasteiger partial charge in [0.15, 0.2) is 5.76 Å². The number of aryl methyl sites for hydroxylation is 1. The van der Waals surface area contributed by atoms with Crippen molar-refractivity contribution in [3.05, 3.63) is 71.0 Å². The fourth-order valence-corrected chi connectivity index (χ4v) is 2.52. The lowest BCUT2D eigenvalue weighted by molar-refractivity contribution is -0.137. The smallest absolute Gasteiger partial charge is 0.416 e. The van der Waals surface area contributed by atoms with Gasteiger partial charge in [0.2, 0.25) is 0 Å². The number of fused-ring (bicyclic) bond motifs is 1. The average Bonchev–Trinajstić information content (AvgIpc) is 2.95. The molecule has 0 spiro atoms. The first kappa shape index (κ1) is 17.6. The molecule has 1 heterocycles. The molecule has 0 radical (unpaired) electrons. The van der Waals surface area contributed by atoms with Gasteiger partial charge in [-0.1, -0.05) is 36.1 Å². The number of amides is 1. The van der Waals surface area contributed by atoms with Gasteiger partial charge in [-0.3, -0.25) is 4.79 Å². The van der Waals surface area contributed by atoms with E-state index in [9.17, 15) is 18.0 Å². The van der Waals surface area contributed by atoms with Crippen molar-refractivity contribution in [1.29, 1.82) is 0 Å². The molecule has 3 aromatic rings. The van der Waals surface area contributed by atoms with Gasteiger partial charge in [-0.2, -0.15) is 13.2 Å². The number of hydrogen-bond donors (Lipinski definition) is 1. The topological polar surface area (TPSA) is 42.2 Å². The summed E-state index contributed by atoms with van der Waals surface area (Å²) in [5.41, 5.74) is 0.814. The van der Waals surface area contributed by atoms with E-state index in [0.29, 0.717) is 5.58 Å². The molecule has 1 N–H and O–H groups in total. The maximum atomic E-state index is 12.7. The van der Waals surface area contributed by atoms with Crippen LogP contribution in [0.4, 0.5) is 13.2 Å². The molecule has 3 nitrogen and oxygen atoms in total. The molecule has 26 heavy (non-hydrogen) atoms. The van der Waals surface area contributed by atoms with Gasteiger partial charge in [0.25, 0.3) is 5.91 Å². The Bertz CT molecular complexity index is 1020.